The largest absolute Gasteiger partial charge is 0.481 e. The summed E-state index contributed by atoms with van der Waals surface area (Å²) in [7, 11) is 0. The first-order valence-electron chi connectivity index (χ1n) is 6.53. The van der Waals surface area contributed by atoms with E-state index in [9.17, 15) is 9.59 Å². The van der Waals surface area contributed by atoms with E-state index < -0.39 is 5.97 Å². The number of carbonyl (C=O) groups is 2. The van der Waals surface area contributed by atoms with Crippen LogP contribution >= 0.6 is 0 Å². The maximum Gasteiger partial charge on any atom is 0.311 e. The van der Waals surface area contributed by atoms with Crippen molar-refractivity contribution in [2.45, 2.75) is 52.1 Å². The van der Waals surface area contributed by atoms with Crippen LogP contribution in [-0.2, 0) is 11.2 Å². The minimum absolute atomic E-state index is 0.111. The molecule has 1 saturated heterocycles. The molecule has 0 aliphatic carbocycles. The zero-order valence-electron chi connectivity index (χ0n) is 11.5. The molecule has 2 unspecified atom stereocenters. The van der Waals surface area contributed by atoms with Gasteiger partial charge in [-0.15, -0.1) is 0 Å². The topological polar surface area (TPSA) is 70.7 Å². The van der Waals surface area contributed by atoms with E-state index in [0.717, 1.165) is 12.8 Å². The van der Waals surface area contributed by atoms with E-state index in [1.165, 1.54) is 6.26 Å². The predicted molar refractivity (Wildman–Crippen MR) is 69.1 cm³/mol. The maximum absolute atomic E-state index is 12.6. The Kier molecular flexibility index (Phi) is 3.64. The second-order valence-electron chi connectivity index (χ2n) is 5.28. The summed E-state index contributed by atoms with van der Waals surface area (Å²) in [4.78, 5) is 25.3. The van der Waals surface area contributed by atoms with Crippen molar-refractivity contribution in [1.82, 2.24) is 4.90 Å². The summed E-state index contributed by atoms with van der Waals surface area (Å²) >= 11 is 0. The third kappa shape index (κ3) is 2.50. The molecule has 1 aromatic heterocycles. The molecule has 5 nitrogen and oxygen atoms in total. The Labute approximate surface area is 112 Å². The molecule has 2 heterocycles. The summed E-state index contributed by atoms with van der Waals surface area (Å²) in [6.07, 6.45) is 3.17. The standard InChI is InChI=1S/C14H19NO4/c1-8-7-19-11(6-12(16)17)13(8)14(18)15-9(2)4-5-10(15)3/h7,9-10H,4-6H2,1-3H3,(H,16,17). The summed E-state index contributed by atoms with van der Waals surface area (Å²) in [5.74, 6) is -0.854. The normalized spacial score (nSPS) is 22.8. The number of furan rings is 1. The molecule has 104 valence electrons. The van der Waals surface area contributed by atoms with E-state index in [4.69, 9.17) is 9.52 Å². The lowest BCUT2D eigenvalue weighted by Crippen LogP contribution is -2.39. The van der Waals surface area contributed by atoms with Crippen LogP contribution < -0.4 is 0 Å². The first kappa shape index (κ1) is 13.6. The van der Waals surface area contributed by atoms with E-state index in [1.807, 2.05) is 18.7 Å². The third-order valence-corrected chi connectivity index (χ3v) is 3.76. The van der Waals surface area contributed by atoms with Gasteiger partial charge in [0.15, 0.2) is 0 Å². The third-order valence-electron chi connectivity index (χ3n) is 3.76. The van der Waals surface area contributed by atoms with E-state index in [-0.39, 0.29) is 30.2 Å². The molecule has 19 heavy (non-hydrogen) atoms. The van der Waals surface area contributed by atoms with Crippen LogP contribution in [0, 0.1) is 6.92 Å². The van der Waals surface area contributed by atoms with Crippen molar-refractivity contribution in [3.63, 3.8) is 0 Å². The van der Waals surface area contributed by atoms with Crippen molar-refractivity contribution in [2.75, 3.05) is 0 Å². The smallest absolute Gasteiger partial charge is 0.311 e. The second kappa shape index (κ2) is 5.07. The molecule has 0 bridgehead atoms. The Bertz CT molecular complexity index is 496. The minimum Gasteiger partial charge on any atom is -0.481 e. The number of carbonyl (C=O) groups excluding carboxylic acids is 1. The number of carboxylic acid groups (broad SMARTS) is 1. The molecule has 1 N–H and O–H groups in total. The Morgan fingerprint density at radius 2 is 1.95 bits per heavy atom. The SMILES string of the molecule is Cc1coc(CC(=O)O)c1C(=O)N1C(C)CCC1C. The molecule has 0 saturated carbocycles. The number of likely N-dealkylation sites (tertiary alicyclic amines) is 1. The van der Waals surface area contributed by atoms with Crippen molar-refractivity contribution in [3.8, 4) is 0 Å². The molecule has 1 aliphatic heterocycles. The fourth-order valence-corrected chi connectivity index (χ4v) is 2.78. The number of nitrogens with zero attached hydrogens (tertiary/aromatic N) is 1. The molecule has 5 heteroatoms. The highest BCUT2D eigenvalue weighted by Gasteiger charge is 2.34. The maximum atomic E-state index is 12.6. The zero-order valence-corrected chi connectivity index (χ0v) is 11.5. The van der Waals surface area contributed by atoms with Crippen LogP contribution in [0.3, 0.4) is 0 Å². The molecule has 2 rings (SSSR count). The monoisotopic (exact) mass is 265 g/mol. The van der Waals surface area contributed by atoms with E-state index in [0.29, 0.717) is 11.1 Å². The molecule has 1 fully saturated rings. The Hall–Kier alpha value is -1.78. The Morgan fingerprint density at radius 1 is 1.37 bits per heavy atom. The summed E-state index contributed by atoms with van der Waals surface area (Å²) in [5.41, 5.74) is 1.12. The molecular formula is C14H19NO4. The molecule has 0 aromatic carbocycles. The Balaban J connectivity index is 2.33. The van der Waals surface area contributed by atoms with Gasteiger partial charge in [-0.2, -0.15) is 0 Å². The highest BCUT2D eigenvalue weighted by atomic mass is 16.4. The minimum atomic E-state index is -0.995. The number of hydrogen-bond acceptors (Lipinski definition) is 3. The number of aryl methyl sites for hydroxylation is 1. The first-order chi connectivity index (χ1) is 8.91. The molecule has 1 amide bonds. The number of hydrogen-bond donors (Lipinski definition) is 1. The van der Waals surface area contributed by atoms with Crippen LogP contribution in [0.1, 0.15) is 48.4 Å². The number of rotatable bonds is 3. The fraction of sp³-hybridized carbons (Fsp3) is 0.571. The van der Waals surface area contributed by atoms with Crippen molar-refractivity contribution in [2.24, 2.45) is 0 Å². The van der Waals surface area contributed by atoms with Gasteiger partial charge < -0.3 is 14.4 Å². The molecule has 2 atom stereocenters. The van der Waals surface area contributed by atoms with Gasteiger partial charge in [0.05, 0.1) is 11.8 Å². The van der Waals surface area contributed by atoms with Gasteiger partial charge in [0.1, 0.15) is 12.2 Å². The van der Waals surface area contributed by atoms with E-state index in [2.05, 4.69) is 0 Å². The van der Waals surface area contributed by atoms with Crippen LogP contribution in [0.5, 0.6) is 0 Å². The van der Waals surface area contributed by atoms with Crippen LogP contribution in [0.25, 0.3) is 0 Å². The Morgan fingerprint density at radius 3 is 2.47 bits per heavy atom. The number of amides is 1. The van der Waals surface area contributed by atoms with Gasteiger partial charge in [0, 0.05) is 17.6 Å². The predicted octanol–water partition coefficient (Wildman–Crippen LogP) is 2.23. The van der Waals surface area contributed by atoms with E-state index >= 15 is 0 Å². The van der Waals surface area contributed by atoms with Gasteiger partial charge in [-0.1, -0.05) is 0 Å². The lowest BCUT2D eigenvalue weighted by molar-refractivity contribution is -0.136. The van der Waals surface area contributed by atoms with Gasteiger partial charge in [-0.25, -0.2) is 0 Å². The average molecular weight is 265 g/mol. The van der Waals surface area contributed by atoms with Gasteiger partial charge in [0.25, 0.3) is 5.91 Å². The van der Waals surface area contributed by atoms with Crippen molar-refractivity contribution in [3.05, 3.63) is 23.2 Å². The molecule has 0 spiro atoms. The summed E-state index contributed by atoms with van der Waals surface area (Å²) in [5, 5.41) is 8.87. The second-order valence-corrected chi connectivity index (χ2v) is 5.28. The fourth-order valence-electron chi connectivity index (χ4n) is 2.78. The summed E-state index contributed by atoms with van der Waals surface area (Å²) in [6.45, 7) is 5.81. The summed E-state index contributed by atoms with van der Waals surface area (Å²) in [6, 6.07) is 0.379. The van der Waals surface area contributed by atoms with Crippen LogP contribution in [0.4, 0.5) is 0 Å². The van der Waals surface area contributed by atoms with Gasteiger partial charge in [0.2, 0.25) is 0 Å². The van der Waals surface area contributed by atoms with Crippen LogP contribution in [0.2, 0.25) is 0 Å². The molecular weight excluding hydrogens is 246 g/mol. The lowest BCUT2D eigenvalue weighted by atomic mass is 10.1. The average Bonchev–Trinajstić information content (AvgIpc) is 2.82. The first-order valence-corrected chi connectivity index (χ1v) is 6.53. The highest BCUT2D eigenvalue weighted by molar-refractivity contribution is 5.98. The van der Waals surface area contributed by atoms with Crippen molar-refractivity contribution >= 4 is 11.9 Å². The van der Waals surface area contributed by atoms with Crippen molar-refractivity contribution < 1.29 is 19.1 Å². The zero-order chi connectivity index (χ0) is 14.2. The van der Waals surface area contributed by atoms with Gasteiger partial charge in [-0.05, 0) is 33.6 Å². The quantitative estimate of drug-likeness (QED) is 0.909. The highest BCUT2D eigenvalue weighted by Crippen LogP contribution is 2.28. The van der Waals surface area contributed by atoms with E-state index in [1.54, 1.807) is 6.92 Å². The van der Waals surface area contributed by atoms with Crippen molar-refractivity contribution in [1.29, 1.82) is 0 Å². The van der Waals surface area contributed by atoms with Crippen LogP contribution in [0.15, 0.2) is 10.7 Å². The molecule has 1 aliphatic rings. The number of carboxylic acids is 1. The number of aliphatic carboxylic acids is 1. The molecule has 1 aromatic rings. The van der Waals surface area contributed by atoms with Gasteiger partial charge >= 0.3 is 5.97 Å². The van der Waals surface area contributed by atoms with Gasteiger partial charge in [-0.3, -0.25) is 9.59 Å². The molecule has 0 radical (unpaired) electrons. The summed E-state index contributed by atoms with van der Waals surface area (Å²) < 4.78 is 5.23. The van der Waals surface area contributed by atoms with Crippen LogP contribution in [-0.4, -0.2) is 34.0 Å². The lowest BCUT2D eigenvalue weighted by Gasteiger charge is -2.26.